The van der Waals surface area contributed by atoms with Crippen molar-refractivity contribution in [3.8, 4) is 0 Å². The average Bonchev–Trinajstić information content (AvgIpc) is 1.65. The lowest BCUT2D eigenvalue weighted by atomic mass is 10.3. The van der Waals surface area contributed by atoms with Gasteiger partial charge in [-0.15, -0.1) is 0 Å². The summed E-state index contributed by atoms with van der Waals surface area (Å²) in [6.07, 6.45) is 1.38. The zero-order valence-corrected chi connectivity index (χ0v) is 5.14. The van der Waals surface area contributed by atoms with Crippen molar-refractivity contribution in [3.05, 3.63) is 0 Å². The first-order chi connectivity index (χ1) is 2.81. The highest BCUT2D eigenvalue weighted by molar-refractivity contribution is 5.77. The second kappa shape index (κ2) is 9.73. The van der Waals surface area contributed by atoms with Crippen LogP contribution in [0.15, 0.2) is 0 Å². The summed E-state index contributed by atoms with van der Waals surface area (Å²) in [5, 5.41) is 0. The highest BCUT2D eigenvalue weighted by Gasteiger charge is 1.86. The molecule has 0 saturated heterocycles. The minimum atomic E-state index is 0. The molecule has 0 radical (unpaired) electrons. The molecule has 0 aromatic carbocycles. The fourth-order valence-electron chi connectivity index (χ4n) is 0.250. The van der Waals surface area contributed by atoms with Crippen LogP contribution >= 0.6 is 0 Å². The fraction of sp³-hybridized carbons (Fsp3) is 0.800. The van der Waals surface area contributed by atoms with E-state index in [9.17, 15) is 4.79 Å². The van der Waals surface area contributed by atoms with Gasteiger partial charge in [0.05, 0.1) is 0 Å². The minimum absolute atomic E-state index is 0. The first-order valence-corrected chi connectivity index (χ1v) is 2.33. The molecule has 0 atom stereocenters. The molecule has 0 unspecified atom stereocenters. The van der Waals surface area contributed by atoms with Crippen LogP contribution in [0.25, 0.3) is 0 Å². The molecule has 0 bridgehead atoms. The molecule has 0 rings (SSSR count). The number of hydrogen-bond acceptors (Lipinski definition) is 1. The Bertz CT molecular complexity index is 48.4. The number of rotatable bonds is 2. The standard InChI is InChI=1S/C5H10O.2FH/c1-3-5(6)4-2;;/h3-4H2,1-2H3;2*1H. The number of Topliss-reactive ketones (excluding diaryl/α,β-unsaturated/α-hetero) is 1. The maximum atomic E-state index is 10.2. The normalized spacial score (nSPS) is 6.25. The second-order valence-electron chi connectivity index (χ2n) is 1.25. The maximum absolute atomic E-state index is 10.2. The van der Waals surface area contributed by atoms with Crippen LogP contribution in [0.2, 0.25) is 0 Å². The van der Waals surface area contributed by atoms with Crippen molar-refractivity contribution in [2.24, 2.45) is 0 Å². The van der Waals surface area contributed by atoms with Gasteiger partial charge < -0.3 is 0 Å². The Kier molecular flexibility index (Phi) is 19.0. The summed E-state index contributed by atoms with van der Waals surface area (Å²) in [5.41, 5.74) is 0. The fourth-order valence-corrected chi connectivity index (χ4v) is 0.250. The molecule has 0 aliphatic rings. The molecule has 8 heavy (non-hydrogen) atoms. The van der Waals surface area contributed by atoms with Crippen LogP contribution in [0.5, 0.6) is 0 Å². The van der Waals surface area contributed by atoms with Gasteiger partial charge in [0.2, 0.25) is 0 Å². The molecule has 1 nitrogen and oxygen atoms in total. The predicted molar refractivity (Wildman–Crippen MR) is 30.6 cm³/mol. The third-order valence-electron chi connectivity index (χ3n) is 0.789. The van der Waals surface area contributed by atoms with Crippen molar-refractivity contribution in [1.82, 2.24) is 0 Å². The van der Waals surface area contributed by atoms with Crippen molar-refractivity contribution in [2.75, 3.05) is 0 Å². The molecule has 0 aliphatic carbocycles. The second-order valence-corrected chi connectivity index (χ2v) is 1.25. The SMILES string of the molecule is CCC(=O)CC.F.F. The Morgan fingerprint density at radius 1 is 1.12 bits per heavy atom. The van der Waals surface area contributed by atoms with Crippen molar-refractivity contribution in [2.45, 2.75) is 26.7 Å². The molecule has 0 spiro atoms. The summed E-state index contributed by atoms with van der Waals surface area (Å²) in [6, 6.07) is 0. The van der Waals surface area contributed by atoms with Crippen LogP contribution in [-0.2, 0) is 4.79 Å². The first kappa shape index (κ1) is 15.6. The summed E-state index contributed by atoms with van der Waals surface area (Å²) < 4.78 is 0. The van der Waals surface area contributed by atoms with E-state index in [4.69, 9.17) is 0 Å². The molecule has 0 saturated carbocycles. The number of carbonyl (C=O) groups is 1. The Morgan fingerprint density at radius 3 is 1.38 bits per heavy atom. The van der Waals surface area contributed by atoms with Crippen LogP contribution < -0.4 is 0 Å². The van der Waals surface area contributed by atoms with Gasteiger partial charge in [-0.3, -0.25) is 14.2 Å². The Morgan fingerprint density at radius 2 is 1.38 bits per heavy atom. The average molecular weight is 126 g/mol. The van der Waals surface area contributed by atoms with Crippen molar-refractivity contribution in [3.63, 3.8) is 0 Å². The summed E-state index contributed by atoms with van der Waals surface area (Å²) in [7, 11) is 0. The lowest BCUT2D eigenvalue weighted by molar-refractivity contribution is -0.118. The van der Waals surface area contributed by atoms with E-state index in [0.29, 0.717) is 18.6 Å². The van der Waals surface area contributed by atoms with Gasteiger partial charge in [-0.2, -0.15) is 0 Å². The molecule has 0 amide bonds. The summed E-state index contributed by atoms with van der Waals surface area (Å²) in [4.78, 5) is 10.2. The molecule has 0 aromatic heterocycles. The van der Waals surface area contributed by atoms with E-state index in [1.165, 1.54) is 0 Å². The molecule has 0 heterocycles. The lowest BCUT2D eigenvalue weighted by Gasteiger charge is -1.81. The lowest BCUT2D eigenvalue weighted by Crippen LogP contribution is -1.88. The van der Waals surface area contributed by atoms with Crippen LogP contribution in [-0.4, -0.2) is 5.78 Å². The highest BCUT2D eigenvalue weighted by atomic mass is 19.0. The van der Waals surface area contributed by atoms with Crippen LogP contribution in [0, 0.1) is 0 Å². The van der Waals surface area contributed by atoms with Gasteiger partial charge in [0.1, 0.15) is 5.78 Å². The van der Waals surface area contributed by atoms with E-state index in [1.807, 2.05) is 13.8 Å². The topological polar surface area (TPSA) is 17.1 Å². The third kappa shape index (κ3) is 9.11. The molecular formula is C5H12F2O. The predicted octanol–water partition coefficient (Wildman–Crippen LogP) is 1.68. The summed E-state index contributed by atoms with van der Waals surface area (Å²) in [6.45, 7) is 3.76. The Balaban J connectivity index is -0.000000125. The zero-order valence-electron chi connectivity index (χ0n) is 5.14. The molecule has 0 aromatic rings. The van der Waals surface area contributed by atoms with Crippen molar-refractivity contribution >= 4 is 5.78 Å². The quantitative estimate of drug-likeness (QED) is 0.550. The van der Waals surface area contributed by atoms with Gasteiger partial charge in [0, 0.05) is 12.8 Å². The van der Waals surface area contributed by atoms with Crippen LogP contribution in [0.3, 0.4) is 0 Å². The maximum Gasteiger partial charge on any atom is 0.132 e. The monoisotopic (exact) mass is 126 g/mol. The zero-order chi connectivity index (χ0) is 4.99. The highest BCUT2D eigenvalue weighted by Crippen LogP contribution is 1.82. The van der Waals surface area contributed by atoms with Gasteiger partial charge >= 0.3 is 0 Å². The van der Waals surface area contributed by atoms with Crippen LogP contribution in [0.4, 0.5) is 9.41 Å². The number of carbonyl (C=O) groups excluding carboxylic acids is 1. The van der Waals surface area contributed by atoms with E-state index >= 15 is 0 Å². The van der Waals surface area contributed by atoms with E-state index < -0.39 is 0 Å². The first-order valence-electron chi connectivity index (χ1n) is 2.33. The number of hydrogen-bond donors (Lipinski definition) is 0. The van der Waals surface area contributed by atoms with Gasteiger partial charge in [0.25, 0.3) is 0 Å². The molecule has 3 heteroatoms. The van der Waals surface area contributed by atoms with Crippen molar-refractivity contribution in [1.29, 1.82) is 0 Å². The minimum Gasteiger partial charge on any atom is -0.300 e. The molecule has 0 aliphatic heterocycles. The van der Waals surface area contributed by atoms with E-state index in [-0.39, 0.29) is 9.41 Å². The molecule has 0 N–H and O–H groups in total. The van der Waals surface area contributed by atoms with E-state index in [0.717, 1.165) is 0 Å². The van der Waals surface area contributed by atoms with Gasteiger partial charge in [0.15, 0.2) is 0 Å². The summed E-state index contributed by atoms with van der Waals surface area (Å²) in [5.74, 6) is 0.343. The third-order valence-corrected chi connectivity index (χ3v) is 0.789. The molecule has 0 fully saturated rings. The molecular weight excluding hydrogens is 114 g/mol. The summed E-state index contributed by atoms with van der Waals surface area (Å²) >= 11 is 0. The van der Waals surface area contributed by atoms with E-state index in [1.54, 1.807) is 0 Å². The molecule has 52 valence electrons. The Labute approximate surface area is 47.8 Å². The van der Waals surface area contributed by atoms with Gasteiger partial charge in [-0.05, 0) is 0 Å². The van der Waals surface area contributed by atoms with Gasteiger partial charge in [-0.1, -0.05) is 13.8 Å². The smallest absolute Gasteiger partial charge is 0.132 e. The van der Waals surface area contributed by atoms with Crippen LogP contribution in [0.1, 0.15) is 26.7 Å². The Hall–Kier alpha value is -0.470. The van der Waals surface area contributed by atoms with Crippen molar-refractivity contribution < 1.29 is 14.2 Å². The van der Waals surface area contributed by atoms with E-state index in [2.05, 4.69) is 0 Å². The van der Waals surface area contributed by atoms with Gasteiger partial charge in [-0.25, -0.2) is 0 Å². The number of halogens is 2. The largest absolute Gasteiger partial charge is 0.300 e. The number of ketones is 1.